The highest BCUT2D eigenvalue weighted by molar-refractivity contribution is 5.82. The zero-order valence-electron chi connectivity index (χ0n) is 16.2. The van der Waals surface area contributed by atoms with Gasteiger partial charge in [-0.2, -0.15) is 0 Å². The lowest BCUT2D eigenvalue weighted by Crippen LogP contribution is -2.60. The molecule has 5 nitrogen and oxygen atoms in total. The van der Waals surface area contributed by atoms with E-state index in [0.717, 1.165) is 42.6 Å². The first-order valence-corrected chi connectivity index (χ1v) is 10.1. The van der Waals surface area contributed by atoms with E-state index in [0.29, 0.717) is 5.75 Å². The second-order valence-electron chi connectivity index (χ2n) is 8.93. The maximum Gasteiger partial charge on any atom is 0.347 e. The van der Waals surface area contributed by atoms with E-state index in [1.807, 2.05) is 25.1 Å². The van der Waals surface area contributed by atoms with E-state index < -0.39 is 12.1 Å². The summed E-state index contributed by atoms with van der Waals surface area (Å²) in [6.45, 7) is 3.37. The van der Waals surface area contributed by atoms with Crippen molar-refractivity contribution in [2.24, 2.45) is 17.8 Å². The van der Waals surface area contributed by atoms with Gasteiger partial charge in [-0.3, -0.25) is 4.79 Å². The van der Waals surface area contributed by atoms with E-state index >= 15 is 0 Å². The highest BCUT2D eigenvalue weighted by Gasteiger charge is 2.51. The van der Waals surface area contributed by atoms with E-state index in [9.17, 15) is 9.59 Å². The number of nitrogens with one attached hydrogen (secondary N) is 1. The lowest BCUT2D eigenvalue weighted by Gasteiger charge is -2.56. The summed E-state index contributed by atoms with van der Waals surface area (Å²) in [5.41, 5.74) is 1.00. The summed E-state index contributed by atoms with van der Waals surface area (Å²) >= 11 is 0. The molecule has 4 fully saturated rings. The average molecular weight is 371 g/mol. The van der Waals surface area contributed by atoms with Gasteiger partial charge in [0.15, 0.2) is 12.7 Å². The molecule has 146 valence electrons. The fraction of sp³-hybridized carbons (Fsp3) is 0.636. The van der Waals surface area contributed by atoms with Crippen molar-refractivity contribution in [3.8, 4) is 5.75 Å². The fourth-order valence-electron chi connectivity index (χ4n) is 5.79. The Hall–Kier alpha value is -2.04. The molecule has 5 heteroatoms. The van der Waals surface area contributed by atoms with Crippen LogP contribution < -0.4 is 10.1 Å². The number of amides is 1. The standard InChI is InChI=1S/C22H29NO4/c1-14-4-3-5-19(6-14)27-15(2)21(25)26-13-20(24)23-22-10-16-7-17(11-22)9-18(8-16)12-22/h3-6,15-18H,7-13H2,1-2H3,(H,23,24)/t15-,16?,17?,18?,22?/m1/s1. The van der Waals surface area contributed by atoms with Crippen molar-refractivity contribution in [1.29, 1.82) is 0 Å². The smallest absolute Gasteiger partial charge is 0.347 e. The molecule has 0 aromatic heterocycles. The second kappa shape index (κ2) is 7.17. The highest BCUT2D eigenvalue weighted by atomic mass is 16.6. The van der Waals surface area contributed by atoms with Crippen LogP contribution in [-0.2, 0) is 14.3 Å². The van der Waals surface area contributed by atoms with Gasteiger partial charge in [-0.1, -0.05) is 12.1 Å². The predicted octanol–water partition coefficient (Wildman–Crippen LogP) is 3.39. The molecule has 0 radical (unpaired) electrons. The van der Waals surface area contributed by atoms with Crippen LogP contribution in [0.2, 0.25) is 0 Å². The monoisotopic (exact) mass is 371 g/mol. The van der Waals surface area contributed by atoms with Gasteiger partial charge >= 0.3 is 5.97 Å². The predicted molar refractivity (Wildman–Crippen MR) is 101 cm³/mol. The van der Waals surface area contributed by atoms with E-state index in [-0.39, 0.29) is 18.1 Å². The van der Waals surface area contributed by atoms with Crippen LogP contribution in [0.15, 0.2) is 24.3 Å². The Balaban J connectivity index is 1.26. The number of carbonyl (C=O) groups is 2. The molecule has 0 spiro atoms. The molecular weight excluding hydrogens is 342 g/mol. The molecule has 27 heavy (non-hydrogen) atoms. The average Bonchev–Trinajstić information content (AvgIpc) is 2.58. The van der Waals surface area contributed by atoms with Crippen LogP contribution in [-0.4, -0.2) is 30.1 Å². The minimum atomic E-state index is -0.751. The van der Waals surface area contributed by atoms with Gasteiger partial charge in [0.05, 0.1) is 0 Å². The van der Waals surface area contributed by atoms with Crippen molar-refractivity contribution in [1.82, 2.24) is 5.32 Å². The Morgan fingerprint density at radius 2 is 1.78 bits per heavy atom. The van der Waals surface area contributed by atoms with Crippen molar-refractivity contribution in [2.45, 2.75) is 64.0 Å². The Morgan fingerprint density at radius 3 is 2.37 bits per heavy atom. The summed E-state index contributed by atoms with van der Waals surface area (Å²) in [4.78, 5) is 24.6. The molecule has 1 aromatic carbocycles. The quantitative estimate of drug-likeness (QED) is 0.779. The van der Waals surface area contributed by atoms with Crippen LogP contribution >= 0.6 is 0 Å². The number of esters is 1. The zero-order valence-corrected chi connectivity index (χ0v) is 16.2. The van der Waals surface area contributed by atoms with Gasteiger partial charge in [0.1, 0.15) is 5.75 Å². The molecule has 0 saturated heterocycles. The van der Waals surface area contributed by atoms with Crippen LogP contribution in [0.1, 0.15) is 51.0 Å². The molecule has 1 N–H and O–H groups in total. The van der Waals surface area contributed by atoms with Crippen LogP contribution in [0.5, 0.6) is 5.75 Å². The number of rotatable bonds is 6. The van der Waals surface area contributed by atoms with Crippen LogP contribution in [0.25, 0.3) is 0 Å². The molecule has 4 aliphatic carbocycles. The van der Waals surface area contributed by atoms with Crippen LogP contribution in [0.3, 0.4) is 0 Å². The van der Waals surface area contributed by atoms with Crippen molar-refractivity contribution >= 4 is 11.9 Å². The molecule has 0 aliphatic heterocycles. The molecule has 1 aromatic rings. The van der Waals surface area contributed by atoms with Crippen LogP contribution in [0.4, 0.5) is 0 Å². The van der Waals surface area contributed by atoms with Gasteiger partial charge in [-0.15, -0.1) is 0 Å². The minimum Gasteiger partial charge on any atom is -0.479 e. The number of carbonyl (C=O) groups excluding carboxylic acids is 2. The summed E-state index contributed by atoms with van der Waals surface area (Å²) in [5.74, 6) is 2.22. The van der Waals surface area contributed by atoms with Gasteiger partial charge in [0, 0.05) is 5.54 Å². The first kappa shape index (κ1) is 18.3. The normalized spacial score (nSPS) is 32.0. The largest absolute Gasteiger partial charge is 0.479 e. The summed E-state index contributed by atoms with van der Waals surface area (Å²) in [5, 5.41) is 3.22. The van der Waals surface area contributed by atoms with Gasteiger partial charge in [-0.05, 0) is 87.8 Å². The van der Waals surface area contributed by atoms with Crippen LogP contribution in [0, 0.1) is 24.7 Å². The molecule has 4 bridgehead atoms. The lowest BCUT2D eigenvalue weighted by molar-refractivity contribution is -0.155. The summed E-state index contributed by atoms with van der Waals surface area (Å²) in [6, 6.07) is 7.51. The van der Waals surface area contributed by atoms with Crippen molar-refractivity contribution < 1.29 is 19.1 Å². The number of hydrogen-bond acceptors (Lipinski definition) is 4. The lowest BCUT2D eigenvalue weighted by atomic mass is 9.53. The molecular formula is C22H29NO4. The van der Waals surface area contributed by atoms with E-state index in [2.05, 4.69) is 5.32 Å². The molecule has 1 atom stereocenters. The second-order valence-corrected chi connectivity index (χ2v) is 8.93. The Labute approximate surface area is 160 Å². The van der Waals surface area contributed by atoms with Gasteiger partial charge in [-0.25, -0.2) is 4.79 Å². The Kier molecular flexibility index (Phi) is 4.87. The van der Waals surface area contributed by atoms with E-state index in [1.165, 1.54) is 19.3 Å². The molecule has 1 amide bonds. The summed E-state index contributed by atoms with van der Waals surface area (Å²) < 4.78 is 10.8. The Bertz CT molecular complexity index is 693. The maximum absolute atomic E-state index is 12.4. The van der Waals surface area contributed by atoms with Gasteiger partial charge in [0.2, 0.25) is 0 Å². The minimum absolute atomic E-state index is 0.0536. The van der Waals surface area contributed by atoms with E-state index in [4.69, 9.17) is 9.47 Å². The highest BCUT2D eigenvalue weighted by Crippen LogP contribution is 2.55. The first-order chi connectivity index (χ1) is 12.9. The van der Waals surface area contributed by atoms with Crippen molar-refractivity contribution in [2.75, 3.05) is 6.61 Å². The third kappa shape index (κ3) is 4.12. The Morgan fingerprint density at radius 1 is 1.15 bits per heavy atom. The molecule has 5 rings (SSSR count). The molecule has 0 unspecified atom stereocenters. The summed E-state index contributed by atoms with van der Waals surface area (Å²) in [7, 11) is 0. The van der Waals surface area contributed by atoms with Crippen molar-refractivity contribution in [3.05, 3.63) is 29.8 Å². The maximum atomic E-state index is 12.4. The molecule has 4 aliphatic rings. The number of hydrogen-bond donors (Lipinski definition) is 1. The first-order valence-electron chi connectivity index (χ1n) is 10.1. The molecule has 0 heterocycles. The van der Waals surface area contributed by atoms with Gasteiger partial charge < -0.3 is 14.8 Å². The fourth-order valence-corrected chi connectivity index (χ4v) is 5.79. The number of ether oxygens (including phenoxy) is 2. The van der Waals surface area contributed by atoms with Crippen molar-refractivity contribution in [3.63, 3.8) is 0 Å². The zero-order chi connectivity index (χ0) is 19.0. The summed E-state index contributed by atoms with van der Waals surface area (Å²) in [6.07, 6.45) is 6.51. The van der Waals surface area contributed by atoms with E-state index in [1.54, 1.807) is 13.0 Å². The third-order valence-electron chi connectivity index (χ3n) is 6.42. The third-order valence-corrected chi connectivity index (χ3v) is 6.42. The number of benzene rings is 1. The SMILES string of the molecule is Cc1cccc(O[C@H](C)C(=O)OCC(=O)NC23CC4CC(CC(C4)C2)C3)c1. The topological polar surface area (TPSA) is 64.6 Å². The number of aryl methyl sites for hydroxylation is 1. The van der Waals surface area contributed by atoms with Gasteiger partial charge in [0.25, 0.3) is 5.91 Å². The molecule has 4 saturated carbocycles.